The van der Waals surface area contributed by atoms with E-state index in [1.807, 2.05) is 36.7 Å². The highest BCUT2D eigenvalue weighted by molar-refractivity contribution is 5.89. The van der Waals surface area contributed by atoms with Crippen molar-refractivity contribution in [2.75, 3.05) is 31.2 Å². The Morgan fingerprint density at radius 1 is 0.882 bits per heavy atom. The molecular weight excluding hydrogens is 428 g/mol. The highest BCUT2D eigenvalue weighted by atomic mass is 16.5. The molecule has 0 bridgehead atoms. The van der Waals surface area contributed by atoms with Crippen molar-refractivity contribution in [3.63, 3.8) is 0 Å². The van der Waals surface area contributed by atoms with E-state index in [4.69, 9.17) is 24.4 Å². The van der Waals surface area contributed by atoms with Gasteiger partial charge in [-0.1, -0.05) is 12.1 Å². The molecule has 2 aliphatic carbocycles. The summed E-state index contributed by atoms with van der Waals surface area (Å²) in [6, 6.07) is 12.6. The van der Waals surface area contributed by atoms with Crippen LogP contribution in [0.1, 0.15) is 31.7 Å². The van der Waals surface area contributed by atoms with Crippen molar-refractivity contribution in [2.24, 2.45) is 0 Å². The molecule has 34 heavy (non-hydrogen) atoms. The van der Waals surface area contributed by atoms with Gasteiger partial charge in [-0.15, -0.1) is 0 Å². The van der Waals surface area contributed by atoms with E-state index in [9.17, 15) is 0 Å². The summed E-state index contributed by atoms with van der Waals surface area (Å²) in [6.45, 7) is 2.95. The summed E-state index contributed by atoms with van der Waals surface area (Å²) in [7, 11) is 0. The Bertz CT molecular complexity index is 1340. The summed E-state index contributed by atoms with van der Waals surface area (Å²) in [5.41, 5.74) is 3.77. The zero-order valence-corrected chi connectivity index (χ0v) is 18.9. The van der Waals surface area contributed by atoms with Gasteiger partial charge in [0.2, 0.25) is 0 Å². The van der Waals surface area contributed by atoms with Crippen molar-refractivity contribution < 1.29 is 9.47 Å². The van der Waals surface area contributed by atoms with Crippen LogP contribution in [0.4, 0.5) is 5.82 Å². The highest BCUT2D eigenvalue weighted by Crippen LogP contribution is 2.42. The smallest absolute Gasteiger partial charge is 0.166 e. The summed E-state index contributed by atoms with van der Waals surface area (Å²) in [5, 5.41) is 0. The maximum absolute atomic E-state index is 6.05. The lowest BCUT2D eigenvalue weighted by Gasteiger charge is -2.28. The summed E-state index contributed by atoms with van der Waals surface area (Å²) >= 11 is 0. The second-order valence-electron chi connectivity index (χ2n) is 9.26. The largest absolute Gasteiger partial charge is 0.490 e. The predicted octanol–water partition coefficient (Wildman–Crippen LogP) is 4.27. The van der Waals surface area contributed by atoms with Crippen molar-refractivity contribution in [1.29, 1.82) is 0 Å². The van der Waals surface area contributed by atoms with E-state index in [2.05, 4.69) is 26.6 Å². The lowest BCUT2D eigenvalue weighted by Crippen LogP contribution is -2.37. The van der Waals surface area contributed by atoms with Crippen molar-refractivity contribution >= 4 is 17.0 Å². The number of hydrogen-bond acceptors (Lipinski definition) is 7. The second-order valence-corrected chi connectivity index (χ2v) is 9.26. The van der Waals surface area contributed by atoms with Crippen LogP contribution in [-0.2, 0) is 4.74 Å². The van der Waals surface area contributed by atoms with E-state index >= 15 is 0 Å². The van der Waals surface area contributed by atoms with Gasteiger partial charge in [-0.05, 0) is 49.9 Å². The van der Waals surface area contributed by atoms with Crippen LogP contribution >= 0.6 is 0 Å². The third-order valence-corrected chi connectivity index (χ3v) is 6.60. The number of imidazole rings is 1. The fourth-order valence-corrected chi connectivity index (χ4v) is 4.55. The van der Waals surface area contributed by atoms with Crippen LogP contribution in [0, 0.1) is 0 Å². The quantitative estimate of drug-likeness (QED) is 0.431. The monoisotopic (exact) mass is 454 g/mol. The van der Waals surface area contributed by atoms with Gasteiger partial charge < -0.3 is 18.9 Å². The van der Waals surface area contributed by atoms with Gasteiger partial charge in [-0.25, -0.2) is 15.0 Å². The number of nitrogens with zero attached hydrogens (tertiary/aromatic N) is 6. The number of ether oxygens (including phenoxy) is 2. The molecule has 0 amide bonds. The minimum atomic E-state index is 0.349. The summed E-state index contributed by atoms with van der Waals surface area (Å²) < 4.78 is 14.0. The molecule has 7 rings (SSSR count). The van der Waals surface area contributed by atoms with E-state index in [0.29, 0.717) is 31.2 Å². The molecule has 4 heterocycles. The molecule has 8 heteroatoms. The first kappa shape index (κ1) is 19.9. The normalized spacial score (nSPS) is 18.4. The molecular formula is C26H26N6O2. The van der Waals surface area contributed by atoms with Gasteiger partial charge >= 0.3 is 0 Å². The average molecular weight is 455 g/mol. The van der Waals surface area contributed by atoms with Crippen LogP contribution in [0.5, 0.6) is 5.75 Å². The number of pyridine rings is 1. The summed E-state index contributed by atoms with van der Waals surface area (Å²) in [5.74, 6) is 3.40. The van der Waals surface area contributed by atoms with Gasteiger partial charge in [-0.2, -0.15) is 0 Å². The molecule has 0 spiro atoms. The predicted molar refractivity (Wildman–Crippen MR) is 129 cm³/mol. The Labute approximate surface area is 197 Å². The lowest BCUT2D eigenvalue weighted by molar-refractivity contribution is 0.122. The van der Waals surface area contributed by atoms with Crippen LogP contribution in [-0.4, -0.2) is 56.9 Å². The van der Waals surface area contributed by atoms with E-state index in [1.165, 1.54) is 0 Å². The van der Waals surface area contributed by atoms with Crippen molar-refractivity contribution in [1.82, 2.24) is 24.5 Å². The Kier molecular flexibility index (Phi) is 4.72. The Morgan fingerprint density at radius 3 is 2.47 bits per heavy atom. The molecule has 8 nitrogen and oxygen atoms in total. The van der Waals surface area contributed by atoms with Gasteiger partial charge in [-0.3, -0.25) is 4.98 Å². The van der Waals surface area contributed by atoms with Crippen LogP contribution in [0.2, 0.25) is 0 Å². The molecule has 4 aromatic rings. The summed E-state index contributed by atoms with van der Waals surface area (Å²) in [4.78, 5) is 21.8. The Hall–Kier alpha value is -3.52. The van der Waals surface area contributed by atoms with Crippen molar-refractivity contribution in [3.05, 3.63) is 48.8 Å². The molecule has 3 aromatic heterocycles. The highest BCUT2D eigenvalue weighted by Gasteiger charge is 2.32. The maximum Gasteiger partial charge on any atom is 0.166 e. The third kappa shape index (κ3) is 3.68. The van der Waals surface area contributed by atoms with Gasteiger partial charge in [0.25, 0.3) is 0 Å². The molecule has 1 saturated heterocycles. The standard InChI is InChI=1S/C26H26N6O2/c1-2-18(16-21(3-1)34-20-6-7-20)23-29-25(31-12-14-33-15-13-31)22-26(30-23)32(19-4-5-19)24(28-22)17-8-10-27-11-9-17/h1-3,8-11,16,19-20H,4-7,12-15H2. The number of morpholine rings is 1. The van der Waals surface area contributed by atoms with Crippen molar-refractivity contribution in [3.8, 4) is 28.5 Å². The zero-order valence-electron chi connectivity index (χ0n) is 18.9. The molecule has 2 saturated carbocycles. The molecule has 172 valence electrons. The SMILES string of the molecule is c1cc(OC2CC2)cc(-c2nc(N3CCOCC3)c3nc(-c4ccncc4)n(C4CC4)c3n2)c1. The first-order valence-corrected chi connectivity index (χ1v) is 12.1. The minimum Gasteiger partial charge on any atom is -0.490 e. The molecule has 1 aliphatic heterocycles. The van der Waals surface area contributed by atoms with Gasteiger partial charge in [0.1, 0.15) is 11.6 Å². The molecule has 1 aromatic carbocycles. The molecule has 0 atom stereocenters. The van der Waals surface area contributed by atoms with E-state index in [-0.39, 0.29) is 0 Å². The number of anilines is 1. The minimum absolute atomic E-state index is 0.349. The van der Waals surface area contributed by atoms with Crippen LogP contribution in [0.15, 0.2) is 48.8 Å². The number of fused-ring (bicyclic) bond motifs is 1. The van der Waals surface area contributed by atoms with Crippen LogP contribution < -0.4 is 9.64 Å². The molecule has 3 fully saturated rings. The molecule has 0 unspecified atom stereocenters. The van der Waals surface area contributed by atoms with Gasteiger partial charge in [0.15, 0.2) is 22.8 Å². The van der Waals surface area contributed by atoms with Crippen LogP contribution in [0.25, 0.3) is 33.9 Å². The Morgan fingerprint density at radius 2 is 1.71 bits per heavy atom. The average Bonchev–Trinajstić information content (AvgIpc) is 3.84. The van der Waals surface area contributed by atoms with Crippen molar-refractivity contribution in [2.45, 2.75) is 37.8 Å². The second kappa shape index (κ2) is 8.06. The van der Waals surface area contributed by atoms with E-state index in [0.717, 1.165) is 78.5 Å². The molecule has 0 radical (unpaired) electrons. The molecule has 0 N–H and O–H groups in total. The van der Waals surface area contributed by atoms with E-state index < -0.39 is 0 Å². The summed E-state index contributed by atoms with van der Waals surface area (Å²) in [6.07, 6.45) is 8.52. The molecule has 3 aliphatic rings. The first-order valence-electron chi connectivity index (χ1n) is 12.1. The van der Waals surface area contributed by atoms with Gasteiger partial charge in [0, 0.05) is 42.7 Å². The Balaban J connectivity index is 1.43. The van der Waals surface area contributed by atoms with E-state index in [1.54, 1.807) is 0 Å². The number of aromatic nitrogens is 5. The number of rotatable bonds is 6. The van der Waals surface area contributed by atoms with Crippen LogP contribution in [0.3, 0.4) is 0 Å². The topological polar surface area (TPSA) is 78.2 Å². The third-order valence-electron chi connectivity index (χ3n) is 6.60. The lowest BCUT2D eigenvalue weighted by atomic mass is 10.2. The maximum atomic E-state index is 6.05. The number of benzene rings is 1. The first-order chi connectivity index (χ1) is 16.8. The fourth-order valence-electron chi connectivity index (χ4n) is 4.55. The van der Waals surface area contributed by atoms with Gasteiger partial charge in [0.05, 0.1) is 19.3 Å². The zero-order chi connectivity index (χ0) is 22.5. The number of hydrogen-bond donors (Lipinski definition) is 0. The fraction of sp³-hybridized carbons (Fsp3) is 0.385.